The number of amides is 2. The van der Waals surface area contributed by atoms with Crippen molar-refractivity contribution in [1.82, 2.24) is 0 Å². The van der Waals surface area contributed by atoms with Crippen LogP contribution in [0.15, 0.2) is 78.9 Å². The first-order valence-corrected chi connectivity index (χ1v) is 9.18. The summed E-state index contributed by atoms with van der Waals surface area (Å²) in [6, 6.07) is 22.1. The number of anilines is 2. The smallest absolute Gasteiger partial charge is 0.226 e. The first-order chi connectivity index (χ1) is 14.0. The van der Waals surface area contributed by atoms with Gasteiger partial charge < -0.3 is 15.0 Å². The summed E-state index contributed by atoms with van der Waals surface area (Å²) in [6.07, 6.45) is 0.0514. The summed E-state index contributed by atoms with van der Waals surface area (Å²) in [6.45, 7) is 1.51. The number of carbonyl (C=O) groups excluding carboxylic acids is 2. The Balaban J connectivity index is 1.65. The van der Waals surface area contributed by atoms with E-state index in [1.54, 1.807) is 24.3 Å². The van der Waals surface area contributed by atoms with Gasteiger partial charge >= 0.3 is 0 Å². The van der Waals surface area contributed by atoms with Crippen LogP contribution < -0.4 is 15.0 Å². The number of ether oxygens (including phenoxy) is 1. The first kappa shape index (κ1) is 20.1. The lowest BCUT2D eigenvalue weighted by atomic mass is 10.2. The molecule has 29 heavy (non-hydrogen) atoms. The van der Waals surface area contributed by atoms with Crippen LogP contribution in [0.25, 0.3) is 0 Å². The SMILES string of the molecule is CC(=O)N(CCC(=O)Nc1ccccc1Oc1ccccc1)c1cccc(F)c1. The molecule has 0 aromatic heterocycles. The maximum Gasteiger partial charge on any atom is 0.226 e. The molecule has 3 aromatic carbocycles. The molecule has 0 spiro atoms. The predicted octanol–water partition coefficient (Wildman–Crippen LogP) is 5.00. The van der Waals surface area contributed by atoms with E-state index in [4.69, 9.17) is 4.74 Å². The van der Waals surface area contributed by atoms with E-state index in [0.717, 1.165) is 0 Å². The first-order valence-electron chi connectivity index (χ1n) is 9.18. The zero-order chi connectivity index (χ0) is 20.6. The minimum Gasteiger partial charge on any atom is -0.455 e. The molecule has 0 saturated carbocycles. The third-order valence-corrected chi connectivity index (χ3v) is 4.19. The molecule has 0 aliphatic carbocycles. The zero-order valence-corrected chi connectivity index (χ0v) is 16.0. The molecule has 0 unspecified atom stereocenters. The molecule has 0 fully saturated rings. The Morgan fingerprint density at radius 1 is 0.966 bits per heavy atom. The van der Waals surface area contributed by atoms with E-state index in [0.29, 0.717) is 22.9 Å². The second-order valence-corrected chi connectivity index (χ2v) is 6.36. The van der Waals surface area contributed by atoms with Crippen molar-refractivity contribution in [3.63, 3.8) is 0 Å². The number of carbonyl (C=O) groups is 2. The van der Waals surface area contributed by atoms with E-state index >= 15 is 0 Å². The van der Waals surface area contributed by atoms with Crippen LogP contribution >= 0.6 is 0 Å². The third-order valence-electron chi connectivity index (χ3n) is 4.19. The van der Waals surface area contributed by atoms with Crippen molar-refractivity contribution in [2.24, 2.45) is 0 Å². The highest BCUT2D eigenvalue weighted by molar-refractivity contribution is 5.95. The summed E-state index contributed by atoms with van der Waals surface area (Å²) in [4.78, 5) is 25.8. The standard InChI is InChI=1S/C23H21FN2O3/c1-17(27)26(19-9-7-8-18(24)16-19)15-14-23(28)25-21-12-5-6-13-22(21)29-20-10-3-2-4-11-20/h2-13,16H,14-15H2,1H3,(H,25,28). The number of hydrogen-bond acceptors (Lipinski definition) is 3. The average molecular weight is 392 g/mol. The zero-order valence-electron chi connectivity index (χ0n) is 16.0. The highest BCUT2D eigenvalue weighted by atomic mass is 19.1. The largest absolute Gasteiger partial charge is 0.455 e. The Kier molecular flexibility index (Phi) is 6.58. The molecule has 0 bridgehead atoms. The maximum atomic E-state index is 13.5. The summed E-state index contributed by atoms with van der Waals surface area (Å²) in [7, 11) is 0. The molecule has 148 valence electrons. The fourth-order valence-electron chi connectivity index (χ4n) is 2.81. The van der Waals surface area contributed by atoms with Crippen molar-refractivity contribution in [2.75, 3.05) is 16.8 Å². The number of halogens is 1. The molecule has 0 aliphatic rings. The van der Waals surface area contributed by atoms with Gasteiger partial charge in [-0.25, -0.2) is 4.39 Å². The van der Waals surface area contributed by atoms with Crippen molar-refractivity contribution in [2.45, 2.75) is 13.3 Å². The minimum absolute atomic E-state index is 0.0514. The normalized spacial score (nSPS) is 10.3. The Morgan fingerprint density at radius 2 is 1.69 bits per heavy atom. The van der Waals surface area contributed by atoms with Gasteiger partial charge in [-0.2, -0.15) is 0 Å². The summed E-state index contributed by atoms with van der Waals surface area (Å²) in [5.41, 5.74) is 0.944. The number of nitrogens with one attached hydrogen (secondary N) is 1. The van der Waals surface area contributed by atoms with E-state index in [1.807, 2.05) is 36.4 Å². The molecular formula is C23H21FN2O3. The van der Waals surface area contributed by atoms with Crippen molar-refractivity contribution in [3.8, 4) is 11.5 Å². The second-order valence-electron chi connectivity index (χ2n) is 6.36. The third kappa shape index (κ3) is 5.65. The number of rotatable bonds is 7. The molecule has 0 saturated heterocycles. The molecule has 1 N–H and O–H groups in total. The van der Waals surface area contributed by atoms with Gasteiger partial charge in [-0.15, -0.1) is 0 Å². The second kappa shape index (κ2) is 9.50. The van der Waals surface area contributed by atoms with E-state index in [1.165, 1.54) is 30.0 Å². The summed E-state index contributed by atoms with van der Waals surface area (Å²) in [5, 5.41) is 2.81. The van der Waals surface area contributed by atoms with Gasteiger partial charge in [-0.1, -0.05) is 36.4 Å². The molecule has 0 aliphatic heterocycles. The van der Waals surface area contributed by atoms with Gasteiger partial charge in [0, 0.05) is 25.6 Å². The molecule has 0 radical (unpaired) electrons. The van der Waals surface area contributed by atoms with E-state index in [2.05, 4.69) is 5.32 Å². The van der Waals surface area contributed by atoms with Crippen molar-refractivity contribution < 1.29 is 18.7 Å². The average Bonchev–Trinajstić information content (AvgIpc) is 2.70. The Hall–Kier alpha value is -3.67. The molecule has 0 heterocycles. The molecule has 2 amide bonds. The number of para-hydroxylation sites is 3. The minimum atomic E-state index is -0.440. The highest BCUT2D eigenvalue weighted by Crippen LogP contribution is 2.29. The molecule has 0 atom stereocenters. The van der Waals surface area contributed by atoms with Gasteiger partial charge in [0.05, 0.1) is 5.69 Å². The van der Waals surface area contributed by atoms with Crippen molar-refractivity contribution >= 4 is 23.2 Å². The van der Waals surface area contributed by atoms with E-state index < -0.39 is 5.82 Å². The van der Waals surface area contributed by atoms with Crippen LogP contribution in [-0.2, 0) is 9.59 Å². The van der Waals surface area contributed by atoms with E-state index in [-0.39, 0.29) is 24.8 Å². The van der Waals surface area contributed by atoms with Gasteiger partial charge in [0.15, 0.2) is 5.75 Å². The number of nitrogens with zero attached hydrogens (tertiary/aromatic N) is 1. The predicted molar refractivity (Wildman–Crippen MR) is 111 cm³/mol. The van der Waals surface area contributed by atoms with Gasteiger partial charge in [-0.3, -0.25) is 9.59 Å². The lowest BCUT2D eigenvalue weighted by Crippen LogP contribution is -2.32. The fourth-order valence-corrected chi connectivity index (χ4v) is 2.81. The summed E-state index contributed by atoms with van der Waals surface area (Å²) in [5.74, 6) is 0.182. The molecule has 6 heteroatoms. The van der Waals surface area contributed by atoms with Crippen LogP contribution in [0.2, 0.25) is 0 Å². The molecular weight excluding hydrogens is 371 g/mol. The quantitative estimate of drug-likeness (QED) is 0.616. The summed E-state index contributed by atoms with van der Waals surface area (Å²) < 4.78 is 19.3. The fraction of sp³-hybridized carbons (Fsp3) is 0.130. The van der Waals surface area contributed by atoms with Crippen LogP contribution in [0.1, 0.15) is 13.3 Å². The number of benzene rings is 3. The van der Waals surface area contributed by atoms with Crippen molar-refractivity contribution in [3.05, 3.63) is 84.7 Å². The highest BCUT2D eigenvalue weighted by Gasteiger charge is 2.15. The lowest BCUT2D eigenvalue weighted by Gasteiger charge is -2.21. The van der Waals surface area contributed by atoms with Gasteiger partial charge in [0.25, 0.3) is 0 Å². The van der Waals surface area contributed by atoms with Crippen LogP contribution in [0.5, 0.6) is 11.5 Å². The van der Waals surface area contributed by atoms with Gasteiger partial charge in [-0.05, 0) is 42.5 Å². The lowest BCUT2D eigenvalue weighted by molar-refractivity contribution is -0.117. The molecule has 5 nitrogen and oxygen atoms in total. The Bertz CT molecular complexity index is 992. The van der Waals surface area contributed by atoms with Crippen LogP contribution in [-0.4, -0.2) is 18.4 Å². The van der Waals surface area contributed by atoms with Gasteiger partial charge in [0.1, 0.15) is 11.6 Å². The van der Waals surface area contributed by atoms with Gasteiger partial charge in [0.2, 0.25) is 11.8 Å². The molecule has 3 rings (SSSR count). The van der Waals surface area contributed by atoms with Crippen LogP contribution in [0.3, 0.4) is 0 Å². The van der Waals surface area contributed by atoms with Crippen LogP contribution in [0, 0.1) is 5.82 Å². The monoisotopic (exact) mass is 392 g/mol. The topological polar surface area (TPSA) is 58.6 Å². The van der Waals surface area contributed by atoms with Crippen LogP contribution in [0.4, 0.5) is 15.8 Å². The number of hydrogen-bond donors (Lipinski definition) is 1. The Morgan fingerprint density at radius 3 is 2.41 bits per heavy atom. The maximum absolute atomic E-state index is 13.5. The van der Waals surface area contributed by atoms with Crippen molar-refractivity contribution in [1.29, 1.82) is 0 Å². The van der Waals surface area contributed by atoms with E-state index in [9.17, 15) is 14.0 Å². The Labute approximate surface area is 168 Å². The summed E-state index contributed by atoms with van der Waals surface area (Å²) >= 11 is 0. The molecule has 3 aromatic rings.